The van der Waals surface area contributed by atoms with E-state index in [9.17, 15) is 0 Å². The highest BCUT2D eigenvalue weighted by Crippen LogP contribution is 2.20. The highest BCUT2D eigenvalue weighted by atomic mass is 35.5. The first kappa shape index (κ1) is 10.7. The van der Waals surface area contributed by atoms with E-state index in [1.165, 1.54) is 6.33 Å². The molecule has 1 aromatic rings. The van der Waals surface area contributed by atoms with Crippen LogP contribution in [0.5, 0.6) is 0 Å². The lowest BCUT2D eigenvalue weighted by molar-refractivity contribution is 0.807. The molecule has 0 amide bonds. The Balaban J connectivity index is 2.79. The second-order valence-electron chi connectivity index (χ2n) is 2.68. The fraction of sp³-hybridized carbons (Fsp3) is 0.444. The van der Waals surface area contributed by atoms with E-state index in [1.54, 1.807) is 6.20 Å². The summed E-state index contributed by atoms with van der Waals surface area (Å²) in [7, 11) is 0. The van der Waals surface area contributed by atoms with Gasteiger partial charge >= 0.3 is 0 Å². The quantitative estimate of drug-likeness (QED) is 0.762. The Hall–Kier alpha value is -1.34. The molecule has 1 aromatic heterocycles. The van der Waals surface area contributed by atoms with Crippen LogP contribution >= 0.6 is 11.6 Å². The standard InChI is InChI=1S/C9H11ClN4/c1-2-14(5-3-4-11)9-8(10)6-12-7-13-9/h6-7H,2-3,5H2,1H3. The van der Waals surface area contributed by atoms with Crippen molar-refractivity contribution in [2.75, 3.05) is 18.0 Å². The summed E-state index contributed by atoms with van der Waals surface area (Å²) < 4.78 is 0. The molecule has 0 unspecified atom stereocenters. The van der Waals surface area contributed by atoms with Crippen molar-refractivity contribution in [2.45, 2.75) is 13.3 Å². The van der Waals surface area contributed by atoms with E-state index in [0.29, 0.717) is 23.8 Å². The van der Waals surface area contributed by atoms with E-state index in [1.807, 2.05) is 11.8 Å². The minimum Gasteiger partial charge on any atom is -0.355 e. The molecule has 5 heteroatoms. The van der Waals surface area contributed by atoms with Crippen molar-refractivity contribution in [1.29, 1.82) is 5.26 Å². The normalized spacial score (nSPS) is 9.50. The second-order valence-corrected chi connectivity index (χ2v) is 3.09. The largest absolute Gasteiger partial charge is 0.355 e. The van der Waals surface area contributed by atoms with E-state index in [2.05, 4.69) is 16.0 Å². The van der Waals surface area contributed by atoms with Crippen molar-refractivity contribution in [3.8, 4) is 6.07 Å². The van der Waals surface area contributed by atoms with Crippen LogP contribution in [-0.2, 0) is 0 Å². The van der Waals surface area contributed by atoms with Gasteiger partial charge in [-0.1, -0.05) is 11.6 Å². The fourth-order valence-electron chi connectivity index (χ4n) is 1.14. The van der Waals surface area contributed by atoms with Crippen molar-refractivity contribution < 1.29 is 0 Å². The van der Waals surface area contributed by atoms with Crippen LogP contribution in [0.15, 0.2) is 12.5 Å². The summed E-state index contributed by atoms with van der Waals surface area (Å²) in [6, 6.07) is 2.09. The third-order valence-electron chi connectivity index (χ3n) is 1.82. The van der Waals surface area contributed by atoms with Crippen LogP contribution in [0.2, 0.25) is 5.02 Å². The Morgan fingerprint density at radius 2 is 2.43 bits per heavy atom. The molecule has 0 aromatic carbocycles. The molecule has 0 saturated carbocycles. The number of nitrogens with zero attached hydrogens (tertiary/aromatic N) is 4. The third kappa shape index (κ3) is 2.57. The van der Waals surface area contributed by atoms with E-state index < -0.39 is 0 Å². The lowest BCUT2D eigenvalue weighted by atomic mass is 10.4. The molecular formula is C9H11ClN4. The van der Waals surface area contributed by atoms with Gasteiger partial charge in [-0.25, -0.2) is 9.97 Å². The van der Waals surface area contributed by atoms with Crippen molar-refractivity contribution >= 4 is 17.4 Å². The second kappa shape index (κ2) is 5.40. The molecule has 0 aliphatic rings. The summed E-state index contributed by atoms with van der Waals surface area (Å²) in [6.07, 6.45) is 3.48. The van der Waals surface area contributed by atoms with Crippen molar-refractivity contribution in [3.05, 3.63) is 17.5 Å². The summed E-state index contributed by atoms with van der Waals surface area (Å²) in [5.41, 5.74) is 0. The Labute approximate surface area is 88.2 Å². The first-order valence-corrected chi connectivity index (χ1v) is 4.74. The van der Waals surface area contributed by atoms with Crippen LogP contribution in [0.4, 0.5) is 5.82 Å². The maximum atomic E-state index is 8.48. The number of hydrogen-bond acceptors (Lipinski definition) is 4. The topological polar surface area (TPSA) is 52.8 Å². The molecule has 0 atom stereocenters. The molecule has 14 heavy (non-hydrogen) atoms. The predicted molar refractivity (Wildman–Crippen MR) is 55.2 cm³/mol. The van der Waals surface area contributed by atoms with Gasteiger partial charge < -0.3 is 4.90 Å². The molecule has 0 spiro atoms. The van der Waals surface area contributed by atoms with Gasteiger partial charge in [-0.05, 0) is 6.92 Å². The number of halogens is 1. The summed E-state index contributed by atoms with van der Waals surface area (Å²) >= 11 is 5.93. The third-order valence-corrected chi connectivity index (χ3v) is 2.09. The Bertz CT molecular complexity index is 334. The number of aromatic nitrogens is 2. The molecule has 4 nitrogen and oxygen atoms in total. The molecule has 74 valence electrons. The molecule has 0 fully saturated rings. The van der Waals surface area contributed by atoms with Crippen molar-refractivity contribution in [2.24, 2.45) is 0 Å². The molecule has 0 aliphatic heterocycles. The van der Waals surface area contributed by atoms with E-state index in [0.717, 1.165) is 6.54 Å². The lowest BCUT2D eigenvalue weighted by Gasteiger charge is -2.20. The van der Waals surface area contributed by atoms with Crippen LogP contribution in [0.3, 0.4) is 0 Å². The average Bonchev–Trinajstić information content (AvgIpc) is 2.21. The molecule has 0 aliphatic carbocycles. The zero-order valence-corrected chi connectivity index (χ0v) is 8.70. The van der Waals surface area contributed by atoms with Gasteiger partial charge in [0.2, 0.25) is 0 Å². The van der Waals surface area contributed by atoms with E-state index in [-0.39, 0.29) is 0 Å². The van der Waals surface area contributed by atoms with Crippen LogP contribution in [-0.4, -0.2) is 23.1 Å². The molecule has 0 N–H and O–H groups in total. The van der Waals surface area contributed by atoms with E-state index in [4.69, 9.17) is 16.9 Å². The summed E-state index contributed by atoms with van der Waals surface area (Å²) in [4.78, 5) is 9.83. The average molecular weight is 211 g/mol. The highest BCUT2D eigenvalue weighted by molar-refractivity contribution is 6.32. The Morgan fingerprint density at radius 3 is 3.00 bits per heavy atom. The molecular weight excluding hydrogens is 200 g/mol. The molecule has 1 heterocycles. The van der Waals surface area contributed by atoms with Gasteiger partial charge in [0.05, 0.1) is 18.7 Å². The number of nitriles is 1. The summed E-state index contributed by atoms with van der Waals surface area (Å²) in [6.45, 7) is 3.41. The minimum absolute atomic E-state index is 0.466. The van der Waals surface area contributed by atoms with E-state index >= 15 is 0 Å². The number of hydrogen-bond donors (Lipinski definition) is 0. The number of anilines is 1. The lowest BCUT2D eigenvalue weighted by Crippen LogP contribution is -2.25. The van der Waals surface area contributed by atoms with Gasteiger partial charge in [-0.2, -0.15) is 5.26 Å². The van der Waals surface area contributed by atoms with Crippen LogP contribution in [0, 0.1) is 11.3 Å². The Kier molecular flexibility index (Phi) is 4.14. The molecule has 0 radical (unpaired) electrons. The van der Waals surface area contributed by atoms with Gasteiger partial charge in [0.25, 0.3) is 0 Å². The maximum Gasteiger partial charge on any atom is 0.150 e. The molecule has 1 rings (SSSR count). The van der Waals surface area contributed by atoms with Crippen LogP contribution < -0.4 is 4.90 Å². The highest BCUT2D eigenvalue weighted by Gasteiger charge is 2.08. The fourth-order valence-corrected chi connectivity index (χ4v) is 1.36. The SMILES string of the molecule is CCN(CCC#N)c1ncncc1Cl. The Morgan fingerprint density at radius 1 is 1.64 bits per heavy atom. The predicted octanol–water partition coefficient (Wildman–Crippen LogP) is 1.87. The van der Waals surface area contributed by atoms with Gasteiger partial charge in [-0.15, -0.1) is 0 Å². The smallest absolute Gasteiger partial charge is 0.150 e. The minimum atomic E-state index is 0.466. The first-order chi connectivity index (χ1) is 6.79. The van der Waals surface area contributed by atoms with Gasteiger partial charge in [0.15, 0.2) is 5.82 Å². The zero-order chi connectivity index (χ0) is 10.4. The molecule has 0 saturated heterocycles. The van der Waals surface area contributed by atoms with Gasteiger partial charge in [0, 0.05) is 13.1 Å². The van der Waals surface area contributed by atoms with Gasteiger partial charge in [-0.3, -0.25) is 0 Å². The van der Waals surface area contributed by atoms with Crippen molar-refractivity contribution in [1.82, 2.24) is 9.97 Å². The van der Waals surface area contributed by atoms with Crippen LogP contribution in [0.25, 0.3) is 0 Å². The summed E-state index contributed by atoms with van der Waals surface area (Å²) in [5, 5.41) is 9.01. The zero-order valence-electron chi connectivity index (χ0n) is 7.94. The molecule has 0 bridgehead atoms. The van der Waals surface area contributed by atoms with Gasteiger partial charge in [0.1, 0.15) is 11.3 Å². The monoisotopic (exact) mass is 210 g/mol. The number of rotatable bonds is 4. The van der Waals surface area contributed by atoms with Crippen LogP contribution in [0.1, 0.15) is 13.3 Å². The summed E-state index contributed by atoms with van der Waals surface area (Å²) in [5.74, 6) is 0.694. The maximum absolute atomic E-state index is 8.48. The first-order valence-electron chi connectivity index (χ1n) is 4.37. The van der Waals surface area contributed by atoms with Crippen molar-refractivity contribution in [3.63, 3.8) is 0 Å².